The molecule has 2 heteroatoms. The number of methoxy groups -OCH3 is 1. The Morgan fingerprint density at radius 3 is 2.09 bits per heavy atom. The lowest BCUT2D eigenvalue weighted by molar-refractivity contribution is 0.411. The number of para-hydroxylation sites is 1. The van der Waals surface area contributed by atoms with Gasteiger partial charge in [0.1, 0.15) is 5.75 Å². The second-order valence-corrected chi connectivity index (χ2v) is 1.97. The van der Waals surface area contributed by atoms with Crippen molar-refractivity contribution < 1.29 is 4.74 Å². The molecule has 1 aromatic carbocycles. The third-order valence-corrected chi connectivity index (χ3v) is 1.31. The van der Waals surface area contributed by atoms with Crippen LogP contribution in [0.2, 0.25) is 0 Å². The maximum absolute atomic E-state index is 5.04. The van der Waals surface area contributed by atoms with Crippen LogP contribution in [0.15, 0.2) is 24.3 Å². The van der Waals surface area contributed by atoms with Crippen LogP contribution < -0.4 is 10.5 Å². The molecule has 62 valence electrons. The molecule has 0 fully saturated rings. The summed E-state index contributed by atoms with van der Waals surface area (Å²) in [5.41, 5.74) is 5.68. The van der Waals surface area contributed by atoms with Crippen LogP contribution in [-0.2, 0) is 0 Å². The number of rotatable bonds is 1. The fraction of sp³-hybridized carbons (Fsp3) is 0.333. The molecule has 0 radical (unpaired) electrons. The van der Waals surface area contributed by atoms with E-state index in [4.69, 9.17) is 4.74 Å². The van der Waals surface area contributed by atoms with Crippen LogP contribution in [-0.4, -0.2) is 14.2 Å². The lowest BCUT2D eigenvalue weighted by Gasteiger charge is -2.00. The zero-order valence-corrected chi connectivity index (χ0v) is 7.29. The highest BCUT2D eigenvalue weighted by molar-refractivity contribution is 5.31. The molecule has 2 nitrogen and oxygen atoms in total. The van der Waals surface area contributed by atoms with Gasteiger partial charge in [0.15, 0.2) is 0 Å². The SMILES string of the molecule is CN.COc1ccccc1C. The minimum Gasteiger partial charge on any atom is -0.496 e. The molecule has 0 spiro atoms. The van der Waals surface area contributed by atoms with Crippen molar-refractivity contribution >= 4 is 0 Å². The van der Waals surface area contributed by atoms with Crippen molar-refractivity contribution in [1.29, 1.82) is 0 Å². The lowest BCUT2D eigenvalue weighted by atomic mass is 10.2. The van der Waals surface area contributed by atoms with Crippen LogP contribution in [0.1, 0.15) is 5.56 Å². The number of benzene rings is 1. The number of ether oxygens (including phenoxy) is 1. The van der Waals surface area contributed by atoms with Gasteiger partial charge in [-0.3, -0.25) is 0 Å². The second-order valence-electron chi connectivity index (χ2n) is 1.97. The predicted molar refractivity (Wildman–Crippen MR) is 47.8 cm³/mol. The molecule has 1 rings (SSSR count). The van der Waals surface area contributed by atoms with Gasteiger partial charge in [-0.25, -0.2) is 0 Å². The molecule has 0 unspecified atom stereocenters. The number of aryl methyl sites for hydroxylation is 1. The zero-order chi connectivity index (χ0) is 8.69. The summed E-state index contributed by atoms with van der Waals surface area (Å²) in [4.78, 5) is 0. The third kappa shape index (κ3) is 3.05. The molecular weight excluding hydrogens is 138 g/mol. The smallest absolute Gasteiger partial charge is 0.121 e. The molecule has 0 saturated carbocycles. The normalized spacial score (nSPS) is 8.00. The molecule has 0 saturated heterocycles. The van der Waals surface area contributed by atoms with E-state index < -0.39 is 0 Å². The fourth-order valence-corrected chi connectivity index (χ4v) is 0.785. The first-order chi connectivity index (χ1) is 5.34. The first-order valence-electron chi connectivity index (χ1n) is 3.52. The van der Waals surface area contributed by atoms with E-state index >= 15 is 0 Å². The van der Waals surface area contributed by atoms with Crippen molar-refractivity contribution in [1.82, 2.24) is 0 Å². The Hall–Kier alpha value is -1.02. The molecule has 0 aromatic heterocycles. The molecule has 11 heavy (non-hydrogen) atoms. The van der Waals surface area contributed by atoms with Gasteiger partial charge in [0, 0.05) is 0 Å². The Morgan fingerprint density at radius 2 is 1.73 bits per heavy atom. The molecule has 0 aliphatic heterocycles. The third-order valence-electron chi connectivity index (χ3n) is 1.31. The van der Waals surface area contributed by atoms with E-state index in [0.717, 1.165) is 5.75 Å². The molecular formula is C9H15NO. The van der Waals surface area contributed by atoms with Gasteiger partial charge in [0.2, 0.25) is 0 Å². The maximum Gasteiger partial charge on any atom is 0.121 e. The Labute approximate surface area is 68.0 Å². The standard InChI is InChI=1S/C8H10O.CH5N/c1-7-5-3-4-6-8(7)9-2;1-2/h3-6H,1-2H3;2H2,1H3. The van der Waals surface area contributed by atoms with Crippen LogP contribution in [0.4, 0.5) is 0 Å². The Kier molecular flexibility index (Phi) is 5.21. The summed E-state index contributed by atoms with van der Waals surface area (Å²) < 4.78 is 5.04. The van der Waals surface area contributed by atoms with Gasteiger partial charge in [0.25, 0.3) is 0 Å². The lowest BCUT2D eigenvalue weighted by Crippen LogP contribution is -1.84. The van der Waals surface area contributed by atoms with Gasteiger partial charge in [-0.2, -0.15) is 0 Å². The van der Waals surface area contributed by atoms with Crippen LogP contribution in [0.3, 0.4) is 0 Å². The van der Waals surface area contributed by atoms with Crippen molar-refractivity contribution in [2.45, 2.75) is 6.92 Å². The van der Waals surface area contributed by atoms with Crippen molar-refractivity contribution in [2.24, 2.45) is 5.73 Å². The molecule has 0 aliphatic rings. The molecule has 0 bridgehead atoms. The minimum atomic E-state index is 0.956. The summed E-state index contributed by atoms with van der Waals surface area (Å²) in [6.45, 7) is 2.03. The van der Waals surface area contributed by atoms with Gasteiger partial charge < -0.3 is 10.5 Å². The van der Waals surface area contributed by atoms with Gasteiger partial charge in [0.05, 0.1) is 7.11 Å². The van der Waals surface area contributed by atoms with Crippen LogP contribution in [0.25, 0.3) is 0 Å². The molecule has 0 amide bonds. The monoisotopic (exact) mass is 153 g/mol. The Balaban J connectivity index is 0.000000461. The molecule has 0 aliphatic carbocycles. The molecule has 0 atom stereocenters. The van der Waals surface area contributed by atoms with E-state index in [1.165, 1.54) is 12.6 Å². The summed E-state index contributed by atoms with van der Waals surface area (Å²) in [6.07, 6.45) is 0. The van der Waals surface area contributed by atoms with E-state index in [1.807, 2.05) is 31.2 Å². The predicted octanol–water partition coefficient (Wildman–Crippen LogP) is 1.58. The number of nitrogens with two attached hydrogens (primary N) is 1. The summed E-state index contributed by atoms with van der Waals surface area (Å²) >= 11 is 0. The molecule has 1 aromatic rings. The van der Waals surface area contributed by atoms with Crippen molar-refractivity contribution in [2.75, 3.05) is 14.2 Å². The first kappa shape index (κ1) is 9.98. The van der Waals surface area contributed by atoms with E-state index in [9.17, 15) is 0 Å². The Morgan fingerprint density at radius 1 is 1.18 bits per heavy atom. The number of hydrogen-bond donors (Lipinski definition) is 1. The van der Waals surface area contributed by atoms with Gasteiger partial charge >= 0.3 is 0 Å². The summed E-state index contributed by atoms with van der Waals surface area (Å²) in [5.74, 6) is 0.956. The summed E-state index contributed by atoms with van der Waals surface area (Å²) in [5, 5.41) is 0. The highest BCUT2D eigenvalue weighted by Gasteiger charge is 1.90. The zero-order valence-electron chi connectivity index (χ0n) is 7.29. The quantitative estimate of drug-likeness (QED) is 0.664. The number of hydrogen-bond acceptors (Lipinski definition) is 2. The van der Waals surface area contributed by atoms with E-state index in [1.54, 1.807) is 7.11 Å². The minimum absolute atomic E-state index is 0.956. The summed E-state index contributed by atoms with van der Waals surface area (Å²) in [7, 11) is 3.18. The van der Waals surface area contributed by atoms with E-state index in [-0.39, 0.29) is 0 Å². The van der Waals surface area contributed by atoms with Crippen LogP contribution in [0, 0.1) is 6.92 Å². The van der Waals surface area contributed by atoms with Gasteiger partial charge in [-0.15, -0.1) is 0 Å². The first-order valence-corrected chi connectivity index (χ1v) is 3.52. The highest BCUT2D eigenvalue weighted by atomic mass is 16.5. The largest absolute Gasteiger partial charge is 0.496 e. The van der Waals surface area contributed by atoms with Crippen molar-refractivity contribution in [3.8, 4) is 5.75 Å². The van der Waals surface area contributed by atoms with Gasteiger partial charge in [-0.1, -0.05) is 18.2 Å². The van der Waals surface area contributed by atoms with Gasteiger partial charge in [-0.05, 0) is 25.6 Å². The average Bonchev–Trinajstić information content (AvgIpc) is 2.09. The van der Waals surface area contributed by atoms with E-state index in [2.05, 4.69) is 5.73 Å². The highest BCUT2D eigenvalue weighted by Crippen LogP contribution is 2.14. The van der Waals surface area contributed by atoms with Crippen LogP contribution in [0.5, 0.6) is 5.75 Å². The fourth-order valence-electron chi connectivity index (χ4n) is 0.785. The molecule has 0 heterocycles. The Bertz CT molecular complexity index is 199. The van der Waals surface area contributed by atoms with Crippen molar-refractivity contribution in [3.05, 3.63) is 29.8 Å². The second kappa shape index (κ2) is 5.74. The maximum atomic E-state index is 5.04. The topological polar surface area (TPSA) is 35.2 Å². The van der Waals surface area contributed by atoms with Crippen LogP contribution >= 0.6 is 0 Å². The molecule has 2 N–H and O–H groups in total. The van der Waals surface area contributed by atoms with E-state index in [0.29, 0.717) is 0 Å². The average molecular weight is 153 g/mol. The van der Waals surface area contributed by atoms with Crippen molar-refractivity contribution in [3.63, 3.8) is 0 Å². The summed E-state index contributed by atoms with van der Waals surface area (Å²) in [6, 6.07) is 7.94.